The first-order valence-electron chi connectivity index (χ1n) is 9.99. The molecule has 0 bridgehead atoms. The Morgan fingerprint density at radius 3 is 2.41 bits per heavy atom. The van der Waals surface area contributed by atoms with Crippen molar-refractivity contribution in [2.45, 2.75) is 59.0 Å². The predicted octanol–water partition coefficient (Wildman–Crippen LogP) is 4.53. The van der Waals surface area contributed by atoms with E-state index in [0.717, 1.165) is 12.1 Å². The van der Waals surface area contributed by atoms with E-state index >= 15 is 0 Å². The molecule has 3 rings (SSSR count). The number of carbonyl (C=O) groups excluding carboxylic acids is 1. The molecule has 4 nitrogen and oxygen atoms in total. The minimum Gasteiger partial charge on any atom is -0.416 e. The topological polar surface area (TPSA) is 43.3 Å². The van der Waals surface area contributed by atoms with E-state index in [2.05, 4.69) is 33.0 Å². The number of nitrogens with one attached hydrogen (secondary N) is 1. The van der Waals surface area contributed by atoms with E-state index in [-0.39, 0.29) is 23.3 Å². The molecule has 1 amide bonds. The summed E-state index contributed by atoms with van der Waals surface area (Å²) in [4.78, 5) is 12.6. The van der Waals surface area contributed by atoms with Gasteiger partial charge >= 0.3 is 6.18 Å². The number of rotatable bonds is 5. The van der Waals surface area contributed by atoms with Gasteiger partial charge in [0.25, 0.3) is 5.91 Å². The first-order valence-corrected chi connectivity index (χ1v) is 12.0. The van der Waals surface area contributed by atoms with Crippen molar-refractivity contribution < 1.29 is 22.4 Å². The van der Waals surface area contributed by atoms with Crippen molar-refractivity contribution in [1.29, 1.82) is 0 Å². The Kier molecular flexibility index (Phi) is 5.41. The van der Waals surface area contributed by atoms with Crippen molar-refractivity contribution in [2.75, 3.05) is 6.54 Å². The molecule has 2 aromatic rings. The summed E-state index contributed by atoms with van der Waals surface area (Å²) < 4.78 is 48.3. The van der Waals surface area contributed by atoms with Crippen molar-refractivity contribution in [3.63, 3.8) is 0 Å². The highest BCUT2D eigenvalue weighted by molar-refractivity contribution is 6.25. The van der Waals surface area contributed by atoms with E-state index in [1.807, 2.05) is 13.5 Å². The van der Waals surface area contributed by atoms with Crippen LogP contribution in [0.2, 0.25) is 6.55 Å². The largest absolute Gasteiger partial charge is 0.416 e. The third kappa shape index (κ3) is 3.40. The summed E-state index contributed by atoms with van der Waals surface area (Å²) in [5, 5.41) is 3.54. The zero-order valence-corrected chi connectivity index (χ0v) is 19.2. The molecule has 1 N–H and O–H groups in total. The van der Waals surface area contributed by atoms with Gasteiger partial charge in [-0.05, 0) is 36.5 Å². The van der Waals surface area contributed by atoms with E-state index in [4.69, 9.17) is 4.43 Å². The molecule has 1 unspecified atom stereocenters. The number of benzene rings is 1. The first kappa shape index (κ1) is 21.9. The fraction of sp³-hybridized carbons (Fsp3) is 0.571. The molecule has 1 aromatic carbocycles. The van der Waals surface area contributed by atoms with Gasteiger partial charge in [-0.3, -0.25) is 4.79 Å². The SMILES string of the molecule is C[SiH2]OC(C)([C@@H]1CNC(=O)c2cc3ccc(C(F)(F)F)cc3n21)C(C)(C)C(C)C. The Morgan fingerprint density at radius 1 is 1.21 bits per heavy atom. The van der Waals surface area contributed by atoms with Crippen LogP contribution in [0.25, 0.3) is 10.9 Å². The molecule has 0 fully saturated rings. The Morgan fingerprint density at radius 2 is 1.86 bits per heavy atom. The molecule has 2 atom stereocenters. The maximum absolute atomic E-state index is 13.4. The maximum Gasteiger partial charge on any atom is 0.416 e. The van der Waals surface area contributed by atoms with Crippen LogP contribution in [0.15, 0.2) is 24.3 Å². The lowest BCUT2D eigenvalue weighted by atomic mass is 9.65. The molecular weight excluding hydrogens is 397 g/mol. The van der Waals surface area contributed by atoms with Crippen LogP contribution in [0, 0.1) is 11.3 Å². The van der Waals surface area contributed by atoms with Crippen LogP contribution < -0.4 is 5.32 Å². The first-order chi connectivity index (χ1) is 13.3. The maximum atomic E-state index is 13.4. The lowest BCUT2D eigenvalue weighted by molar-refractivity contribution is -0.137. The molecule has 0 saturated carbocycles. The van der Waals surface area contributed by atoms with Crippen LogP contribution in [0.1, 0.15) is 56.7 Å². The third-order valence-electron chi connectivity index (χ3n) is 6.97. The summed E-state index contributed by atoms with van der Waals surface area (Å²) in [6.45, 7) is 12.9. The van der Waals surface area contributed by atoms with E-state index in [9.17, 15) is 18.0 Å². The molecule has 0 spiro atoms. The Hall–Kier alpha value is -1.80. The Balaban J connectivity index is 2.29. The Labute approximate surface area is 171 Å². The van der Waals surface area contributed by atoms with Crippen molar-refractivity contribution in [2.24, 2.45) is 11.3 Å². The smallest absolute Gasteiger partial charge is 0.416 e. The lowest BCUT2D eigenvalue weighted by Gasteiger charge is -2.53. The van der Waals surface area contributed by atoms with Crippen molar-refractivity contribution in [3.8, 4) is 0 Å². The molecule has 29 heavy (non-hydrogen) atoms. The van der Waals surface area contributed by atoms with E-state index < -0.39 is 27.1 Å². The molecule has 0 saturated heterocycles. The van der Waals surface area contributed by atoms with Gasteiger partial charge < -0.3 is 14.3 Å². The molecule has 1 aliphatic rings. The molecule has 2 heterocycles. The summed E-state index contributed by atoms with van der Waals surface area (Å²) in [7, 11) is -0.832. The quantitative estimate of drug-likeness (QED) is 0.714. The van der Waals surface area contributed by atoms with Crippen LogP contribution >= 0.6 is 0 Å². The monoisotopic (exact) mass is 426 g/mol. The molecule has 160 valence electrons. The second-order valence-corrected chi connectivity index (χ2v) is 9.68. The van der Waals surface area contributed by atoms with Crippen LogP contribution in [-0.4, -0.2) is 32.4 Å². The highest BCUT2D eigenvalue weighted by atomic mass is 28.2. The van der Waals surface area contributed by atoms with Gasteiger partial charge in [-0.2, -0.15) is 13.2 Å². The zero-order chi connectivity index (χ0) is 21.8. The zero-order valence-electron chi connectivity index (χ0n) is 17.8. The molecule has 0 radical (unpaired) electrons. The van der Waals surface area contributed by atoms with Gasteiger partial charge in [-0.1, -0.05) is 40.3 Å². The fourth-order valence-electron chi connectivity index (χ4n) is 4.30. The van der Waals surface area contributed by atoms with Gasteiger partial charge in [0, 0.05) is 17.4 Å². The highest BCUT2D eigenvalue weighted by Gasteiger charge is 2.51. The predicted molar refractivity (Wildman–Crippen MR) is 111 cm³/mol. The van der Waals surface area contributed by atoms with Crippen LogP contribution in [0.5, 0.6) is 0 Å². The number of hydrogen-bond donors (Lipinski definition) is 1. The average Bonchev–Trinajstić information content (AvgIpc) is 3.00. The molecule has 0 aliphatic carbocycles. The third-order valence-corrected chi connectivity index (χ3v) is 7.86. The van der Waals surface area contributed by atoms with Gasteiger partial charge in [0.2, 0.25) is 0 Å². The van der Waals surface area contributed by atoms with Gasteiger partial charge in [0.1, 0.15) is 5.69 Å². The number of amides is 1. The van der Waals surface area contributed by atoms with E-state index in [1.165, 1.54) is 6.07 Å². The number of carbonyl (C=O) groups is 1. The summed E-state index contributed by atoms with van der Waals surface area (Å²) in [5.74, 6) is -0.00820. The van der Waals surface area contributed by atoms with Crippen LogP contribution in [-0.2, 0) is 10.6 Å². The van der Waals surface area contributed by atoms with Gasteiger partial charge in [0.05, 0.1) is 17.2 Å². The minimum absolute atomic E-state index is 0.265. The highest BCUT2D eigenvalue weighted by Crippen LogP contribution is 2.49. The molecule has 1 aromatic heterocycles. The van der Waals surface area contributed by atoms with E-state index in [1.54, 1.807) is 10.6 Å². The molecule has 8 heteroatoms. The summed E-state index contributed by atoms with van der Waals surface area (Å²) in [6.07, 6.45) is -4.45. The average molecular weight is 427 g/mol. The summed E-state index contributed by atoms with van der Waals surface area (Å²) in [6, 6.07) is 5.00. The Bertz CT molecular complexity index is 936. The van der Waals surface area contributed by atoms with Gasteiger partial charge in [0.15, 0.2) is 9.76 Å². The second-order valence-electron chi connectivity index (χ2n) is 8.81. The number of fused-ring (bicyclic) bond motifs is 3. The van der Waals surface area contributed by atoms with Gasteiger partial charge in [-0.15, -0.1) is 0 Å². The minimum atomic E-state index is -4.45. The number of nitrogens with zero attached hydrogens (tertiary/aromatic N) is 1. The van der Waals surface area contributed by atoms with E-state index in [0.29, 0.717) is 23.1 Å². The van der Waals surface area contributed by atoms with Crippen LogP contribution in [0.3, 0.4) is 0 Å². The van der Waals surface area contributed by atoms with Crippen molar-refractivity contribution in [1.82, 2.24) is 9.88 Å². The van der Waals surface area contributed by atoms with Gasteiger partial charge in [-0.25, -0.2) is 0 Å². The number of halogens is 3. The van der Waals surface area contributed by atoms with Crippen molar-refractivity contribution in [3.05, 3.63) is 35.5 Å². The summed E-state index contributed by atoms with van der Waals surface area (Å²) >= 11 is 0. The molecular formula is C21H29F3N2O2Si. The molecule has 1 aliphatic heterocycles. The van der Waals surface area contributed by atoms with Crippen LogP contribution in [0.4, 0.5) is 13.2 Å². The standard InChI is InChI=1S/C21H29F3N2O2Si/c1-12(2)19(3,4)20(5,28-29-6)17-11-25-18(27)16-9-13-7-8-14(21(22,23)24)10-15(13)26(16)17/h7-10,12,17H,11,29H2,1-6H3,(H,25,27)/t17-,20?/m0/s1. The number of aromatic nitrogens is 1. The summed E-state index contributed by atoms with van der Waals surface area (Å²) in [5.41, 5.74) is -0.862. The normalized spacial score (nSPS) is 20.3. The lowest BCUT2D eigenvalue weighted by Crippen LogP contribution is -2.58. The number of hydrogen-bond acceptors (Lipinski definition) is 2. The number of alkyl halides is 3. The van der Waals surface area contributed by atoms with Crippen molar-refractivity contribution >= 4 is 26.6 Å². The second kappa shape index (κ2) is 7.16. The fourth-order valence-corrected chi connectivity index (χ4v) is 5.47.